The second kappa shape index (κ2) is 45.6. The molecule has 364 valence electrons. The first-order chi connectivity index (χ1) is 30.6. The van der Waals surface area contributed by atoms with Crippen LogP contribution in [0.25, 0.3) is 0 Å². The van der Waals surface area contributed by atoms with E-state index in [2.05, 4.69) is 74.6 Å². The number of likely N-dealkylation sites (N-methyl/N-ethyl adjacent to an activating group) is 1. The molecule has 0 fully saturated rings. The topological polar surface area (TPSA) is 99.1 Å². The molecule has 1 N–H and O–H groups in total. The smallest absolute Gasteiger partial charge is 0.362 e. The molecule has 0 saturated heterocycles. The van der Waals surface area contributed by atoms with Gasteiger partial charge in [-0.15, -0.1) is 0 Å². The summed E-state index contributed by atoms with van der Waals surface area (Å²) in [6, 6.07) is -0.624. The van der Waals surface area contributed by atoms with Crippen molar-refractivity contribution in [2.75, 3.05) is 41.0 Å². The second-order valence-corrected chi connectivity index (χ2v) is 18.4. The second-order valence-electron chi connectivity index (χ2n) is 18.4. The maximum atomic E-state index is 12.8. The zero-order valence-electron chi connectivity index (χ0n) is 41.5. The fraction of sp³-hybridized carbons (Fsp3) is 0.764. The molecule has 0 aliphatic rings. The molecule has 0 aliphatic heterocycles. The fourth-order valence-electron chi connectivity index (χ4n) is 7.48. The molecule has 8 nitrogen and oxygen atoms in total. The highest BCUT2D eigenvalue weighted by Gasteiger charge is 2.31. The number of ether oxygens (including phenoxy) is 3. The van der Waals surface area contributed by atoms with Gasteiger partial charge in [0.15, 0.2) is 12.1 Å². The lowest BCUT2D eigenvalue weighted by molar-refractivity contribution is -0.887. The van der Waals surface area contributed by atoms with Gasteiger partial charge in [-0.1, -0.05) is 209 Å². The van der Waals surface area contributed by atoms with E-state index in [4.69, 9.17) is 14.2 Å². The lowest BCUT2D eigenvalue weighted by Crippen LogP contribution is -2.50. The van der Waals surface area contributed by atoms with Crippen LogP contribution in [0.15, 0.2) is 60.8 Å². The summed E-state index contributed by atoms with van der Waals surface area (Å²) in [5.41, 5.74) is 0. The molecule has 0 spiro atoms. The van der Waals surface area contributed by atoms with Crippen LogP contribution in [0, 0.1) is 0 Å². The van der Waals surface area contributed by atoms with Crippen molar-refractivity contribution < 1.29 is 38.2 Å². The first-order valence-electron chi connectivity index (χ1n) is 25.8. The Kier molecular flexibility index (Phi) is 43.4. The maximum absolute atomic E-state index is 12.8. The molecule has 0 amide bonds. The molecule has 0 heterocycles. The van der Waals surface area contributed by atoms with E-state index in [1.54, 1.807) is 0 Å². The van der Waals surface area contributed by atoms with E-state index in [-0.39, 0.29) is 42.7 Å². The standard InChI is InChI=1S/C55H97NO7/c1-6-8-10-12-14-16-18-20-22-24-25-26-27-28-30-32-34-36-38-40-42-44-46-54(58)63-51(49-61-48-47-52(55(59)60)56(3,4)5)50-62-53(57)45-43-41-39-37-35-33-31-29-23-21-19-17-15-13-11-9-7-2/h9,11,15,17,21,23,31,33,37,39,51-52H,6-8,10,12-14,16,18-20,22,24-30,32,34-36,38,40-50H2,1-5H3/p+1/b11-9+,17-15+,23-21+,33-31+,39-37+. The summed E-state index contributed by atoms with van der Waals surface area (Å²) >= 11 is 0. The Labute approximate surface area is 388 Å². The third kappa shape index (κ3) is 44.0. The quantitative estimate of drug-likeness (QED) is 0.0281. The first-order valence-corrected chi connectivity index (χ1v) is 25.8. The number of hydrogen-bond acceptors (Lipinski definition) is 6. The van der Waals surface area contributed by atoms with Crippen LogP contribution < -0.4 is 0 Å². The van der Waals surface area contributed by atoms with E-state index >= 15 is 0 Å². The summed E-state index contributed by atoms with van der Waals surface area (Å²) in [5, 5.41) is 9.65. The molecule has 0 radical (unpaired) electrons. The Morgan fingerprint density at radius 3 is 1.30 bits per heavy atom. The van der Waals surface area contributed by atoms with Crippen LogP contribution >= 0.6 is 0 Å². The summed E-state index contributed by atoms with van der Waals surface area (Å²) < 4.78 is 17.3. The summed E-state index contributed by atoms with van der Waals surface area (Å²) in [6.45, 7) is 4.59. The Morgan fingerprint density at radius 2 is 0.889 bits per heavy atom. The van der Waals surface area contributed by atoms with Gasteiger partial charge in [-0.05, 0) is 51.4 Å². The number of carbonyl (C=O) groups excluding carboxylic acids is 2. The van der Waals surface area contributed by atoms with E-state index < -0.39 is 18.1 Å². The van der Waals surface area contributed by atoms with Crippen molar-refractivity contribution in [2.45, 2.75) is 231 Å². The molecule has 2 unspecified atom stereocenters. The average Bonchev–Trinajstić information content (AvgIpc) is 3.24. The number of hydrogen-bond donors (Lipinski definition) is 1. The molecule has 2 atom stereocenters. The van der Waals surface area contributed by atoms with Gasteiger partial charge in [0.25, 0.3) is 0 Å². The maximum Gasteiger partial charge on any atom is 0.362 e. The predicted molar refractivity (Wildman–Crippen MR) is 266 cm³/mol. The fourth-order valence-corrected chi connectivity index (χ4v) is 7.48. The van der Waals surface area contributed by atoms with E-state index in [0.29, 0.717) is 19.3 Å². The van der Waals surface area contributed by atoms with Crippen LogP contribution in [0.3, 0.4) is 0 Å². The number of carboxylic acid groups (broad SMARTS) is 1. The SMILES string of the molecule is CC/C=C/C/C=C/C/C=C/C/C=C/C/C=C/CCCC(=O)OCC(COCCC(C(=O)O)[N+](C)(C)C)OC(=O)CCCCCCCCCCCCCCCCCCCCCCCC. The predicted octanol–water partition coefficient (Wildman–Crippen LogP) is 14.9. The molecule has 63 heavy (non-hydrogen) atoms. The lowest BCUT2D eigenvalue weighted by atomic mass is 10.0. The van der Waals surface area contributed by atoms with Gasteiger partial charge < -0.3 is 23.8 Å². The monoisotopic (exact) mass is 885 g/mol. The average molecular weight is 885 g/mol. The zero-order chi connectivity index (χ0) is 46.3. The Morgan fingerprint density at radius 1 is 0.492 bits per heavy atom. The number of esters is 2. The van der Waals surface area contributed by atoms with Gasteiger partial charge in [-0.2, -0.15) is 0 Å². The Balaban J connectivity index is 4.28. The molecule has 0 rings (SSSR count). The van der Waals surface area contributed by atoms with Crippen LogP contribution in [-0.4, -0.2) is 80.6 Å². The molecule has 0 aromatic heterocycles. The van der Waals surface area contributed by atoms with Crippen molar-refractivity contribution in [3.63, 3.8) is 0 Å². The van der Waals surface area contributed by atoms with Crippen LogP contribution in [0.4, 0.5) is 0 Å². The molecule has 0 saturated carbocycles. The highest BCUT2D eigenvalue weighted by molar-refractivity contribution is 5.72. The summed E-state index contributed by atoms with van der Waals surface area (Å²) in [7, 11) is 5.52. The lowest BCUT2D eigenvalue weighted by Gasteiger charge is -2.31. The summed E-state index contributed by atoms with van der Waals surface area (Å²) in [5.74, 6) is -1.53. The zero-order valence-corrected chi connectivity index (χ0v) is 41.5. The molecule has 0 aliphatic carbocycles. The van der Waals surface area contributed by atoms with Gasteiger partial charge in [0, 0.05) is 19.3 Å². The van der Waals surface area contributed by atoms with E-state index in [1.807, 2.05) is 21.1 Å². The summed E-state index contributed by atoms with van der Waals surface area (Å²) in [6.07, 6.45) is 57.1. The van der Waals surface area contributed by atoms with Crippen LogP contribution in [0.5, 0.6) is 0 Å². The largest absolute Gasteiger partial charge is 0.477 e. The van der Waals surface area contributed by atoms with Gasteiger partial charge in [0.1, 0.15) is 6.61 Å². The molecular formula is C55H98NO7+. The Hall–Kier alpha value is -2.97. The molecule has 0 bridgehead atoms. The third-order valence-corrected chi connectivity index (χ3v) is 11.4. The van der Waals surface area contributed by atoms with Crippen molar-refractivity contribution in [3.8, 4) is 0 Å². The highest BCUT2D eigenvalue weighted by atomic mass is 16.6. The van der Waals surface area contributed by atoms with Crippen LogP contribution in [0.1, 0.15) is 219 Å². The van der Waals surface area contributed by atoms with E-state index in [0.717, 1.165) is 57.8 Å². The summed E-state index contributed by atoms with van der Waals surface area (Å²) in [4.78, 5) is 37.1. The number of carbonyl (C=O) groups is 3. The number of rotatable bonds is 46. The van der Waals surface area contributed by atoms with Crippen molar-refractivity contribution in [1.82, 2.24) is 0 Å². The molecule has 0 aromatic carbocycles. The van der Waals surface area contributed by atoms with Crippen molar-refractivity contribution in [2.24, 2.45) is 0 Å². The van der Waals surface area contributed by atoms with E-state index in [1.165, 1.54) is 122 Å². The van der Waals surface area contributed by atoms with Gasteiger partial charge in [0.05, 0.1) is 34.4 Å². The van der Waals surface area contributed by atoms with Gasteiger partial charge >= 0.3 is 17.9 Å². The van der Waals surface area contributed by atoms with Gasteiger partial charge in [-0.3, -0.25) is 9.59 Å². The highest BCUT2D eigenvalue weighted by Crippen LogP contribution is 2.16. The van der Waals surface area contributed by atoms with Crippen molar-refractivity contribution in [3.05, 3.63) is 60.8 Å². The minimum absolute atomic E-state index is 0.0435. The van der Waals surface area contributed by atoms with E-state index in [9.17, 15) is 19.5 Å². The normalized spacial score (nSPS) is 13.3. The number of quaternary nitrogens is 1. The van der Waals surface area contributed by atoms with Gasteiger partial charge in [-0.25, -0.2) is 4.79 Å². The minimum atomic E-state index is -0.882. The first kappa shape index (κ1) is 60.0. The number of nitrogens with zero attached hydrogens (tertiary/aromatic N) is 1. The molecular weight excluding hydrogens is 787 g/mol. The van der Waals surface area contributed by atoms with Crippen LogP contribution in [0.2, 0.25) is 0 Å². The Bertz CT molecular complexity index is 1210. The van der Waals surface area contributed by atoms with Crippen molar-refractivity contribution >= 4 is 17.9 Å². The van der Waals surface area contributed by atoms with Gasteiger partial charge in [0.2, 0.25) is 0 Å². The number of carboxylic acids is 1. The number of unbranched alkanes of at least 4 members (excludes halogenated alkanes) is 22. The van der Waals surface area contributed by atoms with Crippen molar-refractivity contribution in [1.29, 1.82) is 0 Å². The number of aliphatic carboxylic acids is 1. The third-order valence-electron chi connectivity index (χ3n) is 11.4. The number of allylic oxidation sites excluding steroid dienone is 10. The molecule has 8 heteroatoms. The minimum Gasteiger partial charge on any atom is -0.477 e. The van der Waals surface area contributed by atoms with Crippen LogP contribution in [-0.2, 0) is 28.6 Å². The molecule has 0 aromatic rings.